The second kappa shape index (κ2) is 6.42. The normalized spacial score (nSPS) is 20.0. The van der Waals surface area contributed by atoms with E-state index in [-0.39, 0.29) is 6.10 Å². The van der Waals surface area contributed by atoms with Crippen LogP contribution in [0.15, 0.2) is 59.7 Å². The van der Waals surface area contributed by atoms with E-state index in [9.17, 15) is 0 Å². The first kappa shape index (κ1) is 16.5. The van der Waals surface area contributed by atoms with E-state index in [1.54, 1.807) is 28.4 Å². The third kappa shape index (κ3) is 2.52. The highest BCUT2D eigenvalue weighted by atomic mass is 16.5. The van der Waals surface area contributed by atoms with Gasteiger partial charge in [0.05, 0.1) is 27.0 Å². The first-order chi connectivity index (χ1) is 12.7. The quantitative estimate of drug-likeness (QED) is 0.827. The molecule has 0 radical (unpaired) electrons. The molecule has 3 aliphatic rings. The van der Waals surface area contributed by atoms with Gasteiger partial charge in [0, 0.05) is 30.6 Å². The molecule has 2 heterocycles. The lowest BCUT2D eigenvalue weighted by Gasteiger charge is -2.32. The van der Waals surface area contributed by atoms with E-state index in [4.69, 9.17) is 18.9 Å². The van der Waals surface area contributed by atoms with Crippen LogP contribution < -0.4 is 9.47 Å². The third-order valence-electron chi connectivity index (χ3n) is 4.83. The minimum absolute atomic E-state index is 0.181. The lowest BCUT2D eigenvalue weighted by Crippen LogP contribution is -2.22. The average Bonchev–Trinajstić information content (AvgIpc) is 2.69. The molecule has 0 amide bonds. The Kier molecular flexibility index (Phi) is 4.09. The largest absolute Gasteiger partial charge is 0.498 e. The Bertz CT molecular complexity index is 905. The highest BCUT2D eigenvalue weighted by Crippen LogP contribution is 2.42. The topological polar surface area (TPSA) is 40.2 Å². The van der Waals surface area contributed by atoms with Crippen LogP contribution >= 0.6 is 0 Å². The molecule has 0 aromatic heterocycles. The highest BCUT2D eigenvalue weighted by Gasteiger charge is 2.27. The standard InChI is InChI=1S/C21H21NO4/c1-23-18-8-13-5-6-22-12-15-10-20(25-3)19(24-2)9-14(15)7-17(22)16(13)11-21(18)26-4/h5-12,19H,1-4H3. The van der Waals surface area contributed by atoms with Crippen LogP contribution in [0.25, 0.3) is 11.8 Å². The Morgan fingerprint density at radius 3 is 2.35 bits per heavy atom. The zero-order valence-electron chi connectivity index (χ0n) is 15.3. The number of benzene rings is 1. The SMILES string of the molecule is COC1=CC2=CN3C=Cc4cc(OC)c(OC)cc4C3=CC2=CC1OC. The molecule has 134 valence electrons. The molecule has 26 heavy (non-hydrogen) atoms. The second-order valence-electron chi connectivity index (χ2n) is 6.16. The van der Waals surface area contributed by atoms with Crippen molar-refractivity contribution in [3.8, 4) is 11.5 Å². The number of rotatable bonds is 4. The molecule has 1 aromatic carbocycles. The molecule has 4 rings (SSSR count). The molecule has 1 aromatic rings. The molecule has 0 bridgehead atoms. The molecular weight excluding hydrogens is 330 g/mol. The summed E-state index contributed by atoms with van der Waals surface area (Å²) in [5, 5.41) is 0. The van der Waals surface area contributed by atoms with E-state index in [2.05, 4.69) is 29.3 Å². The van der Waals surface area contributed by atoms with Crippen molar-refractivity contribution in [2.75, 3.05) is 28.4 Å². The molecule has 0 saturated heterocycles. The van der Waals surface area contributed by atoms with Crippen LogP contribution in [-0.2, 0) is 9.47 Å². The Labute approximate surface area is 153 Å². The number of fused-ring (bicyclic) bond motifs is 4. The number of hydrogen-bond acceptors (Lipinski definition) is 5. The molecule has 0 saturated carbocycles. The van der Waals surface area contributed by atoms with E-state index >= 15 is 0 Å². The summed E-state index contributed by atoms with van der Waals surface area (Å²) in [5.41, 5.74) is 5.47. The Balaban J connectivity index is 1.82. The zero-order chi connectivity index (χ0) is 18.3. The van der Waals surface area contributed by atoms with Gasteiger partial charge in [-0.25, -0.2) is 0 Å². The monoisotopic (exact) mass is 351 g/mol. The molecule has 0 spiro atoms. The van der Waals surface area contributed by atoms with Gasteiger partial charge in [-0.1, -0.05) is 0 Å². The zero-order valence-corrected chi connectivity index (χ0v) is 15.3. The fourth-order valence-corrected chi connectivity index (χ4v) is 3.46. The molecule has 0 fully saturated rings. The summed E-state index contributed by atoms with van der Waals surface area (Å²) in [6.07, 6.45) is 12.3. The summed E-state index contributed by atoms with van der Waals surface area (Å²) in [5.74, 6) is 2.24. The van der Waals surface area contributed by atoms with Gasteiger partial charge >= 0.3 is 0 Å². The maximum absolute atomic E-state index is 5.53. The van der Waals surface area contributed by atoms with Crippen molar-refractivity contribution in [1.82, 2.24) is 4.90 Å². The van der Waals surface area contributed by atoms with Gasteiger partial charge in [-0.05, 0) is 47.6 Å². The van der Waals surface area contributed by atoms with Crippen LogP contribution in [0.5, 0.6) is 11.5 Å². The summed E-state index contributed by atoms with van der Waals surface area (Å²) in [4.78, 5) is 2.11. The minimum atomic E-state index is -0.181. The van der Waals surface area contributed by atoms with Crippen LogP contribution in [0.1, 0.15) is 11.1 Å². The fraction of sp³-hybridized carbons (Fsp3) is 0.238. The summed E-state index contributed by atoms with van der Waals surface area (Å²) < 4.78 is 21.9. The summed E-state index contributed by atoms with van der Waals surface area (Å²) in [7, 11) is 6.65. The Hall–Kier alpha value is -2.92. The van der Waals surface area contributed by atoms with E-state index in [0.717, 1.165) is 39.5 Å². The lowest BCUT2D eigenvalue weighted by atomic mass is 9.90. The minimum Gasteiger partial charge on any atom is -0.498 e. The molecule has 5 heteroatoms. The van der Waals surface area contributed by atoms with Crippen molar-refractivity contribution in [2.45, 2.75) is 6.10 Å². The van der Waals surface area contributed by atoms with Crippen molar-refractivity contribution < 1.29 is 18.9 Å². The number of nitrogens with zero attached hydrogens (tertiary/aromatic N) is 1. The predicted molar refractivity (Wildman–Crippen MR) is 100 cm³/mol. The van der Waals surface area contributed by atoms with Crippen LogP contribution in [0.3, 0.4) is 0 Å². The molecule has 1 unspecified atom stereocenters. The van der Waals surface area contributed by atoms with Gasteiger partial charge in [-0.15, -0.1) is 0 Å². The predicted octanol–water partition coefficient (Wildman–Crippen LogP) is 3.71. The molecule has 0 N–H and O–H groups in total. The van der Waals surface area contributed by atoms with E-state index in [0.29, 0.717) is 5.75 Å². The van der Waals surface area contributed by atoms with E-state index in [1.807, 2.05) is 24.4 Å². The number of ether oxygens (including phenoxy) is 4. The second-order valence-corrected chi connectivity index (χ2v) is 6.16. The van der Waals surface area contributed by atoms with Gasteiger partial charge in [0.2, 0.25) is 0 Å². The van der Waals surface area contributed by atoms with Crippen molar-refractivity contribution in [2.24, 2.45) is 0 Å². The van der Waals surface area contributed by atoms with Gasteiger partial charge in [-0.3, -0.25) is 0 Å². The Morgan fingerprint density at radius 2 is 1.65 bits per heavy atom. The van der Waals surface area contributed by atoms with Crippen molar-refractivity contribution in [3.05, 3.63) is 70.8 Å². The summed E-state index contributed by atoms with van der Waals surface area (Å²) >= 11 is 0. The summed E-state index contributed by atoms with van der Waals surface area (Å²) in [6.45, 7) is 0. The summed E-state index contributed by atoms with van der Waals surface area (Å²) in [6, 6.07) is 4.02. The van der Waals surface area contributed by atoms with Crippen LogP contribution in [0.2, 0.25) is 0 Å². The maximum Gasteiger partial charge on any atom is 0.161 e. The van der Waals surface area contributed by atoms with Crippen LogP contribution in [0.4, 0.5) is 0 Å². The average molecular weight is 351 g/mol. The Morgan fingerprint density at radius 1 is 0.885 bits per heavy atom. The molecule has 2 aliphatic heterocycles. The van der Waals surface area contributed by atoms with Gasteiger partial charge in [0.1, 0.15) is 11.9 Å². The maximum atomic E-state index is 5.53. The number of allylic oxidation sites excluding steroid dienone is 4. The fourth-order valence-electron chi connectivity index (χ4n) is 3.46. The van der Waals surface area contributed by atoms with Gasteiger partial charge in [-0.2, -0.15) is 0 Å². The molecular formula is C21H21NO4. The van der Waals surface area contributed by atoms with Gasteiger partial charge in [0.15, 0.2) is 11.5 Å². The molecule has 5 nitrogen and oxygen atoms in total. The first-order valence-electron chi connectivity index (χ1n) is 8.35. The van der Waals surface area contributed by atoms with Gasteiger partial charge in [0.25, 0.3) is 0 Å². The van der Waals surface area contributed by atoms with Crippen LogP contribution in [0, 0.1) is 0 Å². The van der Waals surface area contributed by atoms with Crippen molar-refractivity contribution >= 4 is 11.8 Å². The van der Waals surface area contributed by atoms with E-state index < -0.39 is 0 Å². The van der Waals surface area contributed by atoms with Gasteiger partial charge < -0.3 is 23.8 Å². The van der Waals surface area contributed by atoms with Crippen molar-refractivity contribution in [1.29, 1.82) is 0 Å². The smallest absolute Gasteiger partial charge is 0.161 e. The third-order valence-corrected chi connectivity index (χ3v) is 4.83. The van der Waals surface area contributed by atoms with Crippen LogP contribution in [-0.4, -0.2) is 39.4 Å². The lowest BCUT2D eigenvalue weighted by molar-refractivity contribution is 0.109. The van der Waals surface area contributed by atoms with Crippen molar-refractivity contribution in [3.63, 3.8) is 0 Å². The molecule has 1 aliphatic carbocycles. The molecule has 1 atom stereocenters. The number of hydrogen-bond donors (Lipinski definition) is 0. The highest BCUT2D eigenvalue weighted by molar-refractivity contribution is 5.84. The number of methoxy groups -OCH3 is 4. The first-order valence-corrected chi connectivity index (χ1v) is 8.35. The van der Waals surface area contributed by atoms with E-state index in [1.165, 1.54) is 0 Å².